The molecule has 1 aliphatic rings. The number of hydrazine groups is 1. The molecule has 0 unspecified atom stereocenters. The van der Waals surface area contributed by atoms with Gasteiger partial charge in [-0.15, -0.1) is 0 Å². The van der Waals surface area contributed by atoms with E-state index in [1.807, 2.05) is 0 Å². The summed E-state index contributed by atoms with van der Waals surface area (Å²) >= 11 is 0. The molecule has 0 saturated carbocycles. The lowest BCUT2D eigenvalue weighted by Gasteiger charge is -2.37. The van der Waals surface area contributed by atoms with Crippen molar-refractivity contribution in [3.8, 4) is 0 Å². The van der Waals surface area contributed by atoms with E-state index < -0.39 is 5.91 Å². The first-order valence-electron chi connectivity index (χ1n) is 6.93. The Bertz CT molecular complexity index is 492. The van der Waals surface area contributed by atoms with Crippen molar-refractivity contribution in [3.05, 3.63) is 35.1 Å². The molecule has 1 aromatic carbocycles. The molecule has 0 aliphatic carbocycles. The van der Waals surface area contributed by atoms with Crippen LogP contribution >= 0.6 is 0 Å². The summed E-state index contributed by atoms with van der Waals surface area (Å²) in [5, 5.41) is 0. The Morgan fingerprint density at radius 2 is 2.05 bits per heavy atom. The van der Waals surface area contributed by atoms with Crippen LogP contribution in [-0.4, -0.2) is 23.9 Å². The van der Waals surface area contributed by atoms with E-state index in [4.69, 9.17) is 5.84 Å². The Balaban J connectivity index is 2.07. The van der Waals surface area contributed by atoms with Crippen molar-refractivity contribution in [2.24, 2.45) is 11.3 Å². The number of benzene rings is 1. The van der Waals surface area contributed by atoms with Crippen molar-refractivity contribution in [1.82, 2.24) is 10.3 Å². The standard InChI is InChI=1S/C15H22FN3O/c1-15(2)5-7-19(8-6-15)10-12-9-11(14(20)18-17)3-4-13(12)16/h3-4,9H,5-8,10,17H2,1-2H3,(H,18,20). The lowest BCUT2D eigenvalue weighted by atomic mass is 9.82. The summed E-state index contributed by atoms with van der Waals surface area (Å²) < 4.78 is 13.9. The van der Waals surface area contributed by atoms with Gasteiger partial charge < -0.3 is 0 Å². The minimum absolute atomic E-state index is 0.275. The van der Waals surface area contributed by atoms with Gasteiger partial charge in [-0.1, -0.05) is 13.8 Å². The normalized spacial score (nSPS) is 18.8. The van der Waals surface area contributed by atoms with Gasteiger partial charge in [-0.2, -0.15) is 0 Å². The number of piperidine rings is 1. The summed E-state index contributed by atoms with van der Waals surface area (Å²) in [5.41, 5.74) is 3.38. The summed E-state index contributed by atoms with van der Waals surface area (Å²) in [6.07, 6.45) is 2.22. The third-order valence-electron chi connectivity index (χ3n) is 4.04. The number of hydrogen-bond donors (Lipinski definition) is 2. The predicted molar refractivity (Wildman–Crippen MR) is 76.3 cm³/mol. The third kappa shape index (κ3) is 3.55. The second kappa shape index (κ2) is 5.89. The number of likely N-dealkylation sites (tertiary alicyclic amines) is 1. The van der Waals surface area contributed by atoms with Crippen molar-refractivity contribution in [2.75, 3.05) is 13.1 Å². The molecule has 0 spiro atoms. The zero-order valence-corrected chi connectivity index (χ0v) is 12.1. The number of carbonyl (C=O) groups is 1. The van der Waals surface area contributed by atoms with E-state index in [-0.39, 0.29) is 5.82 Å². The lowest BCUT2D eigenvalue weighted by molar-refractivity contribution is 0.0953. The maximum absolute atomic E-state index is 13.9. The van der Waals surface area contributed by atoms with Crippen molar-refractivity contribution in [2.45, 2.75) is 33.2 Å². The first kappa shape index (κ1) is 14.9. The van der Waals surface area contributed by atoms with Crippen LogP contribution in [-0.2, 0) is 6.54 Å². The van der Waals surface area contributed by atoms with Gasteiger partial charge in [0.05, 0.1) is 0 Å². The van der Waals surface area contributed by atoms with Crippen LogP contribution < -0.4 is 11.3 Å². The second-order valence-electron chi connectivity index (χ2n) is 6.22. The summed E-state index contributed by atoms with van der Waals surface area (Å²) in [5.74, 6) is 4.43. The highest BCUT2D eigenvalue weighted by Gasteiger charge is 2.25. The summed E-state index contributed by atoms with van der Waals surface area (Å²) in [6.45, 7) is 6.97. The average Bonchev–Trinajstić information content (AvgIpc) is 2.42. The van der Waals surface area contributed by atoms with E-state index >= 15 is 0 Å². The third-order valence-corrected chi connectivity index (χ3v) is 4.04. The number of nitrogens with two attached hydrogens (primary N) is 1. The van der Waals surface area contributed by atoms with Gasteiger partial charge in [0.25, 0.3) is 5.91 Å². The molecule has 110 valence electrons. The highest BCUT2D eigenvalue weighted by molar-refractivity contribution is 5.93. The minimum Gasteiger partial charge on any atom is -0.299 e. The average molecular weight is 279 g/mol. The number of halogens is 1. The molecule has 1 heterocycles. The lowest BCUT2D eigenvalue weighted by Crippen LogP contribution is -2.37. The molecule has 0 radical (unpaired) electrons. The molecule has 1 aliphatic heterocycles. The highest BCUT2D eigenvalue weighted by Crippen LogP contribution is 2.30. The summed E-state index contributed by atoms with van der Waals surface area (Å²) in [4.78, 5) is 13.7. The van der Waals surface area contributed by atoms with Crippen molar-refractivity contribution in [3.63, 3.8) is 0 Å². The molecule has 1 saturated heterocycles. The van der Waals surface area contributed by atoms with Gasteiger partial charge in [-0.05, 0) is 49.5 Å². The van der Waals surface area contributed by atoms with Gasteiger partial charge >= 0.3 is 0 Å². The molecule has 4 nitrogen and oxygen atoms in total. The SMILES string of the molecule is CC1(C)CCN(Cc2cc(C(=O)NN)ccc2F)CC1. The number of amides is 1. The fourth-order valence-electron chi connectivity index (χ4n) is 2.48. The fourth-order valence-corrected chi connectivity index (χ4v) is 2.48. The van der Waals surface area contributed by atoms with E-state index in [9.17, 15) is 9.18 Å². The molecule has 0 aromatic heterocycles. The number of nitrogen functional groups attached to an aromatic ring is 1. The Kier molecular flexibility index (Phi) is 4.40. The van der Waals surface area contributed by atoms with Crippen LogP contribution in [0.25, 0.3) is 0 Å². The van der Waals surface area contributed by atoms with E-state index in [1.54, 1.807) is 6.07 Å². The smallest absolute Gasteiger partial charge is 0.265 e. The zero-order valence-electron chi connectivity index (χ0n) is 12.1. The van der Waals surface area contributed by atoms with Crippen LogP contribution in [0.3, 0.4) is 0 Å². The van der Waals surface area contributed by atoms with E-state index in [0.717, 1.165) is 25.9 Å². The number of rotatable bonds is 3. The Morgan fingerprint density at radius 1 is 1.40 bits per heavy atom. The summed E-state index contributed by atoms with van der Waals surface area (Å²) in [7, 11) is 0. The van der Waals surface area contributed by atoms with Crippen LogP contribution in [0, 0.1) is 11.2 Å². The summed E-state index contributed by atoms with van der Waals surface area (Å²) in [6, 6.07) is 4.35. The molecule has 3 N–H and O–H groups in total. The number of carbonyl (C=O) groups excluding carboxylic acids is 1. The van der Waals surface area contributed by atoms with Crippen LogP contribution in [0.5, 0.6) is 0 Å². The van der Waals surface area contributed by atoms with Gasteiger partial charge in [-0.3, -0.25) is 15.1 Å². The van der Waals surface area contributed by atoms with Gasteiger partial charge in [0, 0.05) is 17.7 Å². The number of nitrogens with one attached hydrogen (secondary N) is 1. The molecule has 0 bridgehead atoms. The quantitative estimate of drug-likeness (QED) is 0.506. The van der Waals surface area contributed by atoms with Gasteiger partial charge in [0.1, 0.15) is 5.82 Å². The van der Waals surface area contributed by atoms with Crippen LogP contribution in [0.4, 0.5) is 4.39 Å². The Morgan fingerprint density at radius 3 is 2.65 bits per heavy atom. The largest absolute Gasteiger partial charge is 0.299 e. The minimum atomic E-state index is -0.397. The van der Waals surface area contributed by atoms with Crippen molar-refractivity contribution in [1.29, 1.82) is 0 Å². The van der Waals surface area contributed by atoms with Crippen LogP contribution in [0.2, 0.25) is 0 Å². The molecule has 1 fully saturated rings. The topological polar surface area (TPSA) is 58.4 Å². The van der Waals surface area contributed by atoms with Crippen LogP contribution in [0.1, 0.15) is 42.6 Å². The maximum atomic E-state index is 13.9. The van der Waals surface area contributed by atoms with Crippen molar-refractivity contribution >= 4 is 5.91 Å². The first-order chi connectivity index (χ1) is 9.41. The van der Waals surface area contributed by atoms with Gasteiger partial charge in [0.2, 0.25) is 0 Å². The Hall–Kier alpha value is -1.46. The maximum Gasteiger partial charge on any atom is 0.265 e. The molecular formula is C15H22FN3O. The van der Waals surface area contributed by atoms with E-state index in [2.05, 4.69) is 24.2 Å². The van der Waals surface area contributed by atoms with E-state index in [0.29, 0.717) is 23.1 Å². The second-order valence-corrected chi connectivity index (χ2v) is 6.22. The predicted octanol–water partition coefficient (Wildman–Crippen LogP) is 2.05. The van der Waals surface area contributed by atoms with Crippen molar-refractivity contribution < 1.29 is 9.18 Å². The molecule has 20 heavy (non-hydrogen) atoms. The monoisotopic (exact) mass is 279 g/mol. The first-order valence-corrected chi connectivity index (χ1v) is 6.93. The van der Waals surface area contributed by atoms with Gasteiger partial charge in [0.15, 0.2) is 0 Å². The number of hydrogen-bond acceptors (Lipinski definition) is 3. The Labute approximate surface area is 119 Å². The van der Waals surface area contributed by atoms with E-state index in [1.165, 1.54) is 12.1 Å². The van der Waals surface area contributed by atoms with Crippen LogP contribution in [0.15, 0.2) is 18.2 Å². The van der Waals surface area contributed by atoms with Gasteiger partial charge in [-0.25, -0.2) is 10.2 Å². The molecule has 2 rings (SSSR count). The molecule has 1 aromatic rings. The molecular weight excluding hydrogens is 257 g/mol. The fraction of sp³-hybridized carbons (Fsp3) is 0.533. The highest BCUT2D eigenvalue weighted by atomic mass is 19.1. The number of nitrogens with zero attached hydrogens (tertiary/aromatic N) is 1. The molecule has 0 atom stereocenters. The zero-order chi connectivity index (χ0) is 14.8. The molecule has 5 heteroatoms. The molecule has 1 amide bonds.